The summed E-state index contributed by atoms with van der Waals surface area (Å²) < 4.78 is 36.6. The number of halogens is 3. The van der Waals surface area contributed by atoms with Crippen LogP contribution in [0.5, 0.6) is 0 Å². The van der Waals surface area contributed by atoms with Crippen molar-refractivity contribution in [2.75, 3.05) is 0 Å². The molecule has 6 heteroatoms. The van der Waals surface area contributed by atoms with E-state index in [0.717, 1.165) is 6.42 Å². The Labute approximate surface area is 121 Å². The van der Waals surface area contributed by atoms with Crippen LogP contribution in [0.3, 0.4) is 0 Å². The van der Waals surface area contributed by atoms with Gasteiger partial charge in [-0.15, -0.1) is 0 Å². The molecule has 0 saturated heterocycles. The third kappa shape index (κ3) is 6.15. The van der Waals surface area contributed by atoms with Crippen LogP contribution in [-0.2, 0) is 0 Å². The topological polar surface area (TPSA) is 46.2 Å². The number of nitrogens with two attached hydrogens (primary N) is 1. The molecular weight excluding hydrogens is 287 g/mol. The molecule has 1 rings (SSSR count). The van der Waals surface area contributed by atoms with E-state index in [2.05, 4.69) is 13.8 Å². The van der Waals surface area contributed by atoms with Crippen LogP contribution < -0.4 is 5.73 Å². The van der Waals surface area contributed by atoms with Gasteiger partial charge in [-0.1, -0.05) is 26.0 Å². The zero-order valence-corrected chi connectivity index (χ0v) is 12.3. The number of benzene rings is 1. The minimum Gasteiger partial charge on any atom is -0.391 e. The van der Waals surface area contributed by atoms with Crippen LogP contribution in [-0.4, -0.2) is 16.7 Å². The number of aliphatic hydroxyl groups is 1. The van der Waals surface area contributed by atoms with Gasteiger partial charge in [0.15, 0.2) is 0 Å². The van der Waals surface area contributed by atoms with Crippen molar-refractivity contribution in [2.45, 2.75) is 49.2 Å². The van der Waals surface area contributed by atoms with Crippen molar-refractivity contribution in [2.24, 2.45) is 11.7 Å². The molecule has 0 heterocycles. The van der Waals surface area contributed by atoms with E-state index in [0.29, 0.717) is 17.9 Å². The van der Waals surface area contributed by atoms with Gasteiger partial charge in [-0.2, -0.15) is 13.2 Å². The Morgan fingerprint density at radius 3 is 2.15 bits per heavy atom. The molecule has 0 aliphatic carbocycles. The van der Waals surface area contributed by atoms with E-state index in [9.17, 15) is 18.3 Å². The van der Waals surface area contributed by atoms with Crippen LogP contribution in [0.4, 0.5) is 13.2 Å². The van der Waals surface area contributed by atoms with E-state index in [-0.39, 0.29) is 16.7 Å². The van der Waals surface area contributed by atoms with Crippen molar-refractivity contribution in [1.29, 1.82) is 0 Å². The van der Waals surface area contributed by atoms with E-state index < -0.39 is 17.7 Å². The fourth-order valence-corrected chi connectivity index (χ4v) is 2.34. The zero-order valence-electron chi connectivity index (χ0n) is 11.5. The highest BCUT2D eigenvalue weighted by atomic mass is 32.2. The lowest BCUT2D eigenvalue weighted by atomic mass is 9.96. The molecule has 0 aliphatic heterocycles. The van der Waals surface area contributed by atoms with Crippen molar-refractivity contribution in [3.05, 3.63) is 29.8 Å². The SMILES string of the molecule is CC(C)CC[C@H](O)[C@H](N)c1ccc(SC(F)(F)F)cc1. The van der Waals surface area contributed by atoms with Crippen LogP contribution in [0, 0.1) is 5.92 Å². The highest BCUT2D eigenvalue weighted by molar-refractivity contribution is 8.00. The van der Waals surface area contributed by atoms with E-state index in [1.165, 1.54) is 24.3 Å². The first-order valence-corrected chi connectivity index (χ1v) is 7.30. The third-order valence-electron chi connectivity index (χ3n) is 2.95. The van der Waals surface area contributed by atoms with Gasteiger partial charge in [0, 0.05) is 4.90 Å². The van der Waals surface area contributed by atoms with Crippen molar-refractivity contribution in [3.8, 4) is 0 Å². The minimum absolute atomic E-state index is 0.116. The Balaban J connectivity index is 2.63. The Bertz CT molecular complexity index is 406. The molecule has 0 aliphatic rings. The molecule has 3 N–H and O–H groups in total. The highest BCUT2D eigenvalue weighted by Crippen LogP contribution is 2.37. The van der Waals surface area contributed by atoms with E-state index >= 15 is 0 Å². The van der Waals surface area contributed by atoms with Crippen LogP contribution in [0.25, 0.3) is 0 Å². The average molecular weight is 307 g/mol. The average Bonchev–Trinajstić information content (AvgIpc) is 2.34. The second-order valence-electron chi connectivity index (χ2n) is 5.18. The standard InChI is InChI=1S/C14H20F3NOS/c1-9(2)3-8-12(19)13(18)10-4-6-11(7-5-10)20-14(15,16)17/h4-7,9,12-13,19H,3,8,18H2,1-2H3/t12-,13+/m0/s1. The lowest BCUT2D eigenvalue weighted by Gasteiger charge is -2.20. The molecule has 0 amide bonds. The summed E-state index contributed by atoms with van der Waals surface area (Å²) in [5.41, 5.74) is 2.28. The van der Waals surface area contributed by atoms with Crippen LogP contribution in [0.1, 0.15) is 38.3 Å². The first-order chi connectivity index (χ1) is 9.19. The molecule has 2 nitrogen and oxygen atoms in total. The Kier molecular flexibility index (Phi) is 6.36. The summed E-state index contributed by atoms with van der Waals surface area (Å²) in [5.74, 6) is 0.474. The molecule has 2 atom stereocenters. The second kappa shape index (κ2) is 7.33. The van der Waals surface area contributed by atoms with Gasteiger partial charge in [-0.25, -0.2) is 0 Å². The van der Waals surface area contributed by atoms with Crippen molar-refractivity contribution < 1.29 is 18.3 Å². The summed E-state index contributed by atoms with van der Waals surface area (Å²) in [7, 11) is 0. The van der Waals surface area contributed by atoms with Crippen molar-refractivity contribution >= 4 is 11.8 Å². The largest absolute Gasteiger partial charge is 0.446 e. The van der Waals surface area contributed by atoms with Gasteiger partial charge in [0.05, 0.1) is 12.1 Å². The smallest absolute Gasteiger partial charge is 0.391 e. The van der Waals surface area contributed by atoms with Crippen molar-refractivity contribution in [3.63, 3.8) is 0 Å². The molecule has 0 bridgehead atoms. The molecule has 0 spiro atoms. The monoisotopic (exact) mass is 307 g/mol. The Morgan fingerprint density at radius 1 is 1.15 bits per heavy atom. The van der Waals surface area contributed by atoms with Crippen LogP contribution >= 0.6 is 11.8 Å². The van der Waals surface area contributed by atoms with Gasteiger partial charge in [-0.3, -0.25) is 0 Å². The van der Waals surface area contributed by atoms with Crippen LogP contribution in [0.2, 0.25) is 0 Å². The number of alkyl halides is 3. The van der Waals surface area contributed by atoms with Gasteiger partial charge >= 0.3 is 5.51 Å². The number of rotatable bonds is 6. The lowest BCUT2D eigenvalue weighted by molar-refractivity contribution is -0.0328. The quantitative estimate of drug-likeness (QED) is 0.778. The molecule has 0 unspecified atom stereocenters. The van der Waals surface area contributed by atoms with Crippen molar-refractivity contribution in [1.82, 2.24) is 0 Å². The fourth-order valence-electron chi connectivity index (χ4n) is 1.80. The minimum atomic E-state index is -4.29. The predicted molar refractivity (Wildman–Crippen MR) is 75.4 cm³/mol. The summed E-state index contributed by atoms with van der Waals surface area (Å²) in [6.45, 7) is 4.11. The van der Waals surface area contributed by atoms with Gasteiger partial charge in [0.2, 0.25) is 0 Å². The first-order valence-electron chi connectivity index (χ1n) is 6.48. The first kappa shape index (κ1) is 17.3. The molecule has 114 valence electrons. The molecule has 20 heavy (non-hydrogen) atoms. The van der Waals surface area contributed by atoms with E-state index in [1.54, 1.807) is 0 Å². The molecular formula is C14H20F3NOS. The zero-order chi connectivity index (χ0) is 15.3. The molecule has 0 aromatic heterocycles. The maximum Gasteiger partial charge on any atom is 0.446 e. The summed E-state index contributed by atoms with van der Waals surface area (Å²) >= 11 is -0.160. The summed E-state index contributed by atoms with van der Waals surface area (Å²) in [4.78, 5) is 0.116. The van der Waals surface area contributed by atoms with Gasteiger partial charge < -0.3 is 10.8 Å². The second-order valence-corrected chi connectivity index (χ2v) is 6.32. The summed E-state index contributed by atoms with van der Waals surface area (Å²) in [6.07, 6.45) is 0.757. The third-order valence-corrected chi connectivity index (χ3v) is 3.69. The molecule has 0 fully saturated rings. The maximum absolute atomic E-state index is 12.2. The van der Waals surface area contributed by atoms with Crippen LogP contribution in [0.15, 0.2) is 29.2 Å². The van der Waals surface area contributed by atoms with E-state index in [1.807, 2.05) is 0 Å². The fraction of sp³-hybridized carbons (Fsp3) is 0.571. The molecule has 1 aromatic rings. The Morgan fingerprint density at radius 2 is 1.70 bits per heavy atom. The Hall–Kier alpha value is -0.720. The lowest BCUT2D eigenvalue weighted by Crippen LogP contribution is -2.26. The number of thioether (sulfide) groups is 1. The summed E-state index contributed by atoms with van der Waals surface area (Å²) in [5, 5.41) is 9.97. The van der Waals surface area contributed by atoms with E-state index in [4.69, 9.17) is 5.73 Å². The summed E-state index contributed by atoms with van der Waals surface area (Å²) in [6, 6.07) is 5.26. The molecule has 0 saturated carbocycles. The maximum atomic E-state index is 12.2. The normalized spacial score (nSPS) is 15.4. The van der Waals surface area contributed by atoms with Gasteiger partial charge in [0.1, 0.15) is 0 Å². The van der Waals surface area contributed by atoms with Gasteiger partial charge in [-0.05, 0) is 48.2 Å². The number of hydrogen-bond acceptors (Lipinski definition) is 3. The van der Waals surface area contributed by atoms with Gasteiger partial charge in [0.25, 0.3) is 0 Å². The predicted octanol–water partition coefficient (Wildman–Crippen LogP) is 4.10. The number of aliphatic hydroxyl groups excluding tert-OH is 1. The highest BCUT2D eigenvalue weighted by Gasteiger charge is 2.29. The molecule has 1 aromatic carbocycles. The number of hydrogen-bond donors (Lipinski definition) is 2. The molecule has 0 radical (unpaired) electrons.